The Balaban J connectivity index is 1.62. The summed E-state index contributed by atoms with van der Waals surface area (Å²) in [5.41, 5.74) is 9.19. The van der Waals surface area contributed by atoms with Crippen LogP contribution in [0.25, 0.3) is 11.1 Å². The molecule has 1 atom stereocenters. The molecule has 36 heavy (non-hydrogen) atoms. The van der Waals surface area contributed by atoms with E-state index in [-0.39, 0.29) is 10.8 Å². The summed E-state index contributed by atoms with van der Waals surface area (Å²) in [5, 5.41) is 11.4. The van der Waals surface area contributed by atoms with Crippen LogP contribution < -0.4 is 0 Å². The first kappa shape index (κ1) is 24.7. The zero-order valence-electron chi connectivity index (χ0n) is 22.9. The molecule has 0 amide bonds. The van der Waals surface area contributed by atoms with Crippen LogP contribution in [0.3, 0.4) is 0 Å². The Bertz CT molecular complexity index is 1420. The van der Waals surface area contributed by atoms with Gasteiger partial charge in [-0.2, -0.15) is 0 Å². The Morgan fingerprint density at radius 1 is 0.917 bits per heavy atom. The lowest BCUT2D eigenvalue weighted by Gasteiger charge is -2.27. The van der Waals surface area contributed by atoms with Crippen molar-refractivity contribution in [1.82, 2.24) is 9.97 Å². The number of aromatic nitrogens is 2. The number of H-pyrrole nitrogens is 2. The summed E-state index contributed by atoms with van der Waals surface area (Å²) >= 11 is 3.58. The molecule has 4 rings (SSSR count). The van der Waals surface area contributed by atoms with Crippen LogP contribution in [0.2, 0.25) is 0 Å². The molecule has 3 N–H and O–H groups in total. The van der Waals surface area contributed by atoms with Crippen molar-refractivity contribution in [2.45, 2.75) is 64.9 Å². The summed E-state index contributed by atoms with van der Waals surface area (Å²) in [6.07, 6.45) is 2.12. The van der Waals surface area contributed by atoms with E-state index in [4.69, 9.17) is 1.37 Å². The van der Waals surface area contributed by atoms with Gasteiger partial charge in [0.15, 0.2) is 0 Å². The number of halogens is 1. The average Bonchev–Trinajstić information content (AvgIpc) is 3.44. The molecule has 1 unspecified atom stereocenters. The van der Waals surface area contributed by atoms with Gasteiger partial charge in [-0.1, -0.05) is 77.8 Å². The summed E-state index contributed by atoms with van der Waals surface area (Å²) in [4.78, 5) is 6.89. The van der Waals surface area contributed by atoms with Crippen LogP contribution in [0.5, 0.6) is 0 Å². The molecule has 0 aliphatic heterocycles. The number of hydrogen-bond donors (Lipinski definition) is 3. The number of nitrogens with one attached hydrogen (secondary N) is 2. The second-order valence-corrected chi connectivity index (χ2v) is 12.4. The number of benzene rings is 2. The van der Waals surface area contributed by atoms with E-state index in [2.05, 4.69) is 104 Å². The van der Waals surface area contributed by atoms with Gasteiger partial charge < -0.3 is 15.1 Å². The molecule has 2 aromatic heterocycles. The van der Waals surface area contributed by atoms with Crippen LogP contribution in [0.1, 0.15) is 88.4 Å². The van der Waals surface area contributed by atoms with Crippen molar-refractivity contribution >= 4 is 15.9 Å². The second-order valence-electron chi connectivity index (χ2n) is 11.6. The maximum atomic E-state index is 11.4. The minimum Gasteiger partial charge on any atom is -0.382 e. The summed E-state index contributed by atoms with van der Waals surface area (Å²) < 4.78 is 8.00. The maximum Gasteiger partial charge on any atom is 0.124 e. The summed E-state index contributed by atoms with van der Waals surface area (Å²) in [6, 6.07) is 20.6. The third-order valence-electron chi connectivity index (χ3n) is 6.64. The summed E-state index contributed by atoms with van der Waals surface area (Å²) in [5.74, 6) is 2.77. The normalized spacial score (nSPS) is 13.2. The molecule has 0 radical (unpaired) electrons. The van der Waals surface area contributed by atoms with Gasteiger partial charge in [0.2, 0.25) is 0 Å². The Hall–Kier alpha value is -3.00. The zero-order valence-corrected chi connectivity index (χ0v) is 23.5. The van der Waals surface area contributed by atoms with Gasteiger partial charge in [0, 0.05) is 34.6 Å². The number of aliphatic hydroxyl groups excluding tert-OH is 1. The van der Waals surface area contributed by atoms with Crippen molar-refractivity contribution in [2.24, 2.45) is 0 Å². The largest absolute Gasteiger partial charge is 0.382 e. The van der Waals surface area contributed by atoms with E-state index in [9.17, 15) is 5.11 Å². The number of hydrogen-bond acceptors (Lipinski definition) is 1. The van der Waals surface area contributed by atoms with E-state index in [1.807, 2.05) is 36.4 Å². The van der Waals surface area contributed by atoms with Crippen molar-refractivity contribution in [3.8, 4) is 23.4 Å². The standard InChI is InChI=1S/C32H35BrN2O/c1-8-20-9-11-21(12-10-20)26-19-29(33)35-28(26)18-25-13-14-27(34-25)30(36)22-15-23(31(2,3)4)17-24(16-22)32(5,6)7/h1,9-17,19,30,34-36H,18H2,2-7H3/i1T. The molecule has 2 aromatic carbocycles. The molecule has 0 aliphatic rings. The zero-order chi connectivity index (χ0) is 27.0. The van der Waals surface area contributed by atoms with Gasteiger partial charge in [-0.3, -0.25) is 0 Å². The number of aromatic amines is 2. The minimum atomic E-state index is -0.738. The van der Waals surface area contributed by atoms with Crippen LogP contribution in [-0.2, 0) is 17.3 Å². The molecular weight excluding hydrogens is 508 g/mol. The lowest BCUT2D eigenvalue weighted by atomic mass is 9.79. The molecule has 0 bridgehead atoms. The fourth-order valence-corrected chi connectivity index (χ4v) is 4.83. The SMILES string of the molecule is [3H]C#Cc1ccc(-c2cc(Br)[nH]c2Cc2ccc(C(O)c3cc(C(C)(C)C)cc(C(C)(C)C)c3)[nH]2)cc1. The molecule has 4 heteroatoms. The number of rotatable bonds is 5. The molecule has 0 fully saturated rings. The minimum absolute atomic E-state index is 0.0139. The van der Waals surface area contributed by atoms with E-state index in [0.717, 1.165) is 43.9 Å². The van der Waals surface area contributed by atoms with E-state index in [1.54, 1.807) is 0 Å². The monoisotopic (exact) mass is 544 g/mol. The molecule has 0 saturated carbocycles. The molecular formula is C32H35BrN2O. The van der Waals surface area contributed by atoms with E-state index in [1.165, 1.54) is 11.1 Å². The maximum absolute atomic E-state index is 11.4. The Morgan fingerprint density at radius 3 is 2.14 bits per heavy atom. The predicted molar refractivity (Wildman–Crippen MR) is 153 cm³/mol. The third-order valence-corrected chi connectivity index (χ3v) is 7.07. The van der Waals surface area contributed by atoms with E-state index in [0.29, 0.717) is 6.42 Å². The highest BCUT2D eigenvalue weighted by atomic mass is 79.9. The summed E-state index contributed by atoms with van der Waals surface area (Å²) in [6.45, 7) is 13.3. The Kier molecular flexibility index (Phi) is 6.72. The molecule has 0 saturated heterocycles. The second kappa shape index (κ2) is 9.81. The Morgan fingerprint density at radius 2 is 1.56 bits per heavy atom. The van der Waals surface area contributed by atoms with E-state index < -0.39 is 6.10 Å². The predicted octanol–water partition coefficient (Wildman–Crippen LogP) is 8.02. The lowest BCUT2D eigenvalue weighted by Crippen LogP contribution is -2.18. The van der Waals surface area contributed by atoms with Crippen molar-refractivity contribution in [2.75, 3.05) is 0 Å². The van der Waals surface area contributed by atoms with Gasteiger partial charge in [-0.05, 0) is 79.3 Å². The molecule has 3 nitrogen and oxygen atoms in total. The smallest absolute Gasteiger partial charge is 0.124 e. The van der Waals surface area contributed by atoms with Gasteiger partial charge >= 0.3 is 0 Å². The van der Waals surface area contributed by atoms with Crippen molar-refractivity contribution in [3.05, 3.63) is 105 Å². The molecule has 186 valence electrons. The van der Waals surface area contributed by atoms with Crippen molar-refractivity contribution in [1.29, 1.82) is 0 Å². The quantitative estimate of drug-likeness (QED) is 0.219. The highest BCUT2D eigenvalue weighted by Crippen LogP contribution is 2.34. The van der Waals surface area contributed by atoms with Crippen LogP contribution in [0, 0.1) is 12.3 Å². The molecule has 2 heterocycles. The third kappa shape index (κ3) is 5.69. The number of terminal acetylenes is 1. The first-order chi connectivity index (χ1) is 17.3. The average molecular weight is 546 g/mol. The highest BCUT2D eigenvalue weighted by Gasteiger charge is 2.23. The van der Waals surface area contributed by atoms with Gasteiger partial charge in [-0.25, -0.2) is 0 Å². The molecule has 0 aliphatic carbocycles. The topological polar surface area (TPSA) is 51.8 Å². The van der Waals surface area contributed by atoms with Gasteiger partial charge in [0.1, 0.15) is 7.47 Å². The van der Waals surface area contributed by atoms with Crippen LogP contribution >= 0.6 is 15.9 Å². The Labute approximate surface area is 224 Å². The highest BCUT2D eigenvalue weighted by molar-refractivity contribution is 9.10. The summed E-state index contributed by atoms with van der Waals surface area (Å²) in [7, 11) is 0. The first-order valence-electron chi connectivity index (χ1n) is 12.8. The van der Waals surface area contributed by atoms with Crippen LogP contribution in [-0.4, -0.2) is 15.1 Å². The molecule has 0 spiro atoms. The molecule has 4 aromatic rings. The first-order valence-corrected chi connectivity index (χ1v) is 13.1. The fraction of sp³-hybridized carbons (Fsp3) is 0.312. The van der Waals surface area contributed by atoms with Crippen molar-refractivity contribution < 1.29 is 6.48 Å². The van der Waals surface area contributed by atoms with Gasteiger partial charge in [0.05, 0.1) is 4.60 Å². The van der Waals surface area contributed by atoms with Gasteiger partial charge in [0.25, 0.3) is 0 Å². The number of aliphatic hydroxyl groups is 1. The van der Waals surface area contributed by atoms with Crippen molar-refractivity contribution in [3.63, 3.8) is 0 Å². The van der Waals surface area contributed by atoms with Crippen LogP contribution in [0.15, 0.2) is 65.3 Å². The fourth-order valence-electron chi connectivity index (χ4n) is 4.36. The van der Waals surface area contributed by atoms with Gasteiger partial charge in [-0.15, -0.1) is 6.40 Å². The van der Waals surface area contributed by atoms with E-state index >= 15 is 0 Å². The lowest BCUT2D eigenvalue weighted by molar-refractivity contribution is 0.215. The van der Waals surface area contributed by atoms with Crippen LogP contribution in [0.4, 0.5) is 0 Å².